The zero-order valence-electron chi connectivity index (χ0n) is 19.6. The molecule has 0 spiro atoms. The molecule has 35 heavy (non-hydrogen) atoms. The largest absolute Gasteiger partial charge is 0.445 e. The number of halogens is 2. The molecule has 0 aliphatic carbocycles. The number of hydrogen-bond donors (Lipinski definition) is 0. The lowest BCUT2D eigenvalue weighted by Gasteiger charge is -2.35. The lowest BCUT2D eigenvalue weighted by molar-refractivity contribution is -0.385. The van der Waals surface area contributed by atoms with Gasteiger partial charge in [-0.1, -0.05) is 30.3 Å². The number of hydrazine groups is 1. The second-order valence-electron chi connectivity index (χ2n) is 8.77. The fraction of sp³-hybridized carbons (Fsp3) is 0.391. The quantitative estimate of drug-likeness (QED) is 0.458. The van der Waals surface area contributed by atoms with Gasteiger partial charge in [0, 0.05) is 13.1 Å². The van der Waals surface area contributed by atoms with Crippen LogP contribution in [0.4, 0.5) is 29.7 Å². The van der Waals surface area contributed by atoms with E-state index in [9.17, 15) is 28.5 Å². The van der Waals surface area contributed by atoms with Gasteiger partial charge in [0.25, 0.3) is 5.69 Å². The van der Waals surface area contributed by atoms with Gasteiger partial charge in [-0.15, -0.1) is 0 Å². The minimum Gasteiger partial charge on any atom is -0.445 e. The molecule has 0 bridgehead atoms. The fourth-order valence-electron chi connectivity index (χ4n) is 3.42. The number of ether oxygens (including phenoxy) is 2. The Morgan fingerprint density at radius 2 is 1.60 bits per heavy atom. The van der Waals surface area contributed by atoms with Crippen molar-refractivity contribution in [3.63, 3.8) is 0 Å². The summed E-state index contributed by atoms with van der Waals surface area (Å²) in [5.41, 5.74) is -1.56. The Kier molecular flexibility index (Phi) is 7.72. The minimum absolute atomic E-state index is 0.000411. The van der Waals surface area contributed by atoms with E-state index < -0.39 is 45.7 Å². The zero-order valence-corrected chi connectivity index (χ0v) is 19.6. The molecule has 2 aromatic carbocycles. The third-order valence-electron chi connectivity index (χ3n) is 4.99. The average Bonchev–Trinajstić information content (AvgIpc) is 3.00. The molecule has 3 rings (SSSR count). The molecule has 0 radical (unpaired) electrons. The van der Waals surface area contributed by atoms with Gasteiger partial charge in [0.1, 0.15) is 17.9 Å². The molecule has 188 valence electrons. The number of anilines is 1. The van der Waals surface area contributed by atoms with Crippen molar-refractivity contribution >= 4 is 23.6 Å². The topological polar surface area (TPSA) is 105 Å². The van der Waals surface area contributed by atoms with Crippen LogP contribution in [0.5, 0.6) is 0 Å². The minimum atomic E-state index is -1.23. The van der Waals surface area contributed by atoms with Crippen molar-refractivity contribution < 1.29 is 32.8 Å². The molecule has 0 atom stereocenters. The maximum Gasteiger partial charge on any atom is 0.429 e. The Morgan fingerprint density at radius 3 is 2.17 bits per heavy atom. The first-order valence-corrected chi connectivity index (χ1v) is 10.8. The van der Waals surface area contributed by atoms with Crippen LogP contribution in [0.1, 0.15) is 26.3 Å². The number of nitro groups is 1. The molecule has 1 heterocycles. The third-order valence-corrected chi connectivity index (χ3v) is 4.99. The van der Waals surface area contributed by atoms with Gasteiger partial charge in [-0.3, -0.25) is 15.1 Å². The average molecular weight is 492 g/mol. The van der Waals surface area contributed by atoms with Crippen LogP contribution in [0.2, 0.25) is 0 Å². The van der Waals surface area contributed by atoms with Crippen LogP contribution >= 0.6 is 0 Å². The highest BCUT2D eigenvalue weighted by atomic mass is 19.1. The van der Waals surface area contributed by atoms with Crippen LogP contribution in [0, 0.1) is 21.7 Å². The number of rotatable bonds is 4. The van der Waals surface area contributed by atoms with Crippen molar-refractivity contribution in [1.29, 1.82) is 0 Å². The number of carbonyl (C=O) groups excluding carboxylic acids is 2. The van der Waals surface area contributed by atoms with Gasteiger partial charge in [-0.2, -0.15) is 0 Å². The standard InChI is InChI=1S/C23H26F2N4O6/c1-23(2,3)35-22(31)28-12-10-26(21(30)34-15-16-7-5-4-6-8-16)9-11-27(28)20-18(24)13-17(29(32)33)14-19(20)25/h4-8,13-14H,9-12,15H2,1-3H3. The summed E-state index contributed by atoms with van der Waals surface area (Å²) in [4.78, 5) is 36.9. The van der Waals surface area contributed by atoms with Crippen molar-refractivity contribution in [3.05, 3.63) is 69.8 Å². The molecular weight excluding hydrogens is 466 g/mol. The SMILES string of the molecule is CC(C)(C)OC(=O)N1CCN(C(=O)OCc2ccccc2)CCN1c1c(F)cc([N+](=O)[O-])cc1F. The monoisotopic (exact) mass is 492 g/mol. The van der Waals surface area contributed by atoms with E-state index >= 15 is 0 Å². The van der Waals surface area contributed by atoms with Crippen LogP contribution in [-0.4, -0.2) is 58.8 Å². The zero-order chi connectivity index (χ0) is 25.8. The number of nitro benzene ring substituents is 1. The van der Waals surface area contributed by atoms with Crippen molar-refractivity contribution in [2.75, 3.05) is 31.2 Å². The maximum atomic E-state index is 14.9. The highest BCUT2D eigenvalue weighted by Gasteiger charge is 2.35. The van der Waals surface area contributed by atoms with Gasteiger partial charge >= 0.3 is 12.2 Å². The molecule has 10 nitrogen and oxygen atoms in total. The molecule has 1 aliphatic heterocycles. The Labute approximate surface area is 200 Å². The lowest BCUT2D eigenvalue weighted by atomic mass is 10.2. The van der Waals surface area contributed by atoms with E-state index in [2.05, 4.69) is 0 Å². The van der Waals surface area contributed by atoms with Crippen LogP contribution in [-0.2, 0) is 16.1 Å². The normalized spacial score (nSPS) is 14.4. The molecule has 0 N–H and O–H groups in total. The molecule has 2 amide bonds. The molecule has 0 unspecified atom stereocenters. The summed E-state index contributed by atoms with van der Waals surface area (Å²) in [6.45, 7) is 4.52. The Morgan fingerprint density at radius 1 is 1.00 bits per heavy atom. The van der Waals surface area contributed by atoms with E-state index in [-0.39, 0.29) is 32.8 Å². The Hall–Kier alpha value is -3.96. The third kappa shape index (κ3) is 6.55. The highest BCUT2D eigenvalue weighted by molar-refractivity contribution is 5.73. The summed E-state index contributed by atoms with van der Waals surface area (Å²) in [6, 6.07) is 10.2. The number of nitrogens with zero attached hydrogens (tertiary/aromatic N) is 4. The van der Waals surface area contributed by atoms with E-state index in [4.69, 9.17) is 9.47 Å². The Bertz CT molecular complexity index is 1070. The summed E-state index contributed by atoms with van der Waals surface area (Å²) < 4.78 is 40.4. The van der Waals surface area contributed by atoms with Crippen LogP contribution in [0.3, 0.4) is 0 Å². The van der Waals surface area contributed by atoms with Crippen molar-refractivity contribution in [1.82, 2.24) is 9.91 Å². The van der Waals surface area contributed by atoms with Crippen molar-refractivity contribution in [2.24, 2.45) is 0 Å². The Balaban J connectivity index is 1.86. The predicted octanol–water partition coefficient (Wildman–Crippen LogP) is 4.48. The summed E-state index contributed by atoms with van der Waals surface area (Å²) >= 11 is 0. The molecule has 2 aromatic rings. The number of amides is 2. The molecule has 1 saturated heterocycles. The first-order chi connectivity index (χ1) is 16.5. The molecule has 0 aromatic heterocycles. The fourth-order valence-corrected chi connectivity index (χ4v) is 3.42. The van der Waals surface area contributed by atoms with Crippen LogP contribution in [0.25, 0.3) is 0 Å². The first kappa shape index (κ1) is 25.7. The van der Waals surface area contributed by atoms with E-state index in [0.29, 0.717) is 12.1 Å². The number of carbonyl (C=O) groups is 2. The van der Waals surface area contributed by atoms with Gasteiger partial charge in [-0.05, 0) is 26.3 Å². The molecule has 1 aliphatic rings. The van der Waals surface area contributed by atoms with Crippen LogP contribution in [0.15, 0.2) is 42.5 Å². The van der Waals surface area contributed by atoms with E-state index in [1.807, 2.05) is 6.07 Å². The van der Waals surface area contributed by atoms with Crippen LogP contribution < -0.4 is 5.01 Å². The number of hydrogen-bond acceptors (Lipinski definition) is 7. The van der Waals surface area contributed by atoms with Gasteiger partial charge in [-0.25, -0.2) is 23.4 Å². The van der Waals surface area contributed by atoms with Crippen molar-refractivity contribution in [2.45, 2.75) is 33.0 Å². The van der Waals surface area contributed by atoms with Gasteiger partial charge in [0.05, 0.1) is 30.1 Å². The lowest BCUT2D eigenvalue weighted by Crippen LogP contribution is -2.50. The highest BCUT2D eigenvalue weighted by Crippen LogP contribution is 2.30. The smallest absolute Gasteiger partial charge is 0.429 e. The van der Waals surface area contributed by atoms with Gasteiger partial charge in [0.2, 0.25) is 0 Å². The molecule has 0 saturated carbocycles. The summed E-state index contributed by atoms with van der Waals surface area (Å²) in [6.07, 6.45) is -1.56. The second kappa shape index (κ2) is 10.5. The van der Waals surface area contributed by atoms with E-state index in [1.165, 1.54) is 4.90 Å². The first-order valence-electron chi connectivity index (χ1n) is 10.8. The summed E-state index contributed by atoms with van der Waals surface area (Å²) in [7, 11) is 0. The van der Waals surface area contributed by atoms with Gasteiger partial charge in [0.15, 0.2) is 11.6 Å². The molecule has 1 fully saturated rings. The van der Waals surface area contributed by atoms with E-state index in [1.54, 1.807) is 45.0 Å². The number of non-ortho nitro benzene ring substituents is 1. The molecular formula is C23H26F2N4O6. The summed E-state index contributed by atoms with van der Waals surface area (Å²) in [5.74, 6) is -2.46. The van der Waals surface area contributed by atoms with Gasteiger partial charge < -0.3 is 14.4 Å². The maximum absolute atomic E-state index is 14.9. The van der Waals surface area contributed by atoms with E-state index in [0.717, 1.165) is 15.6 Å². The predicted molar refractivity (Wildman–Crippen MR) is 121 cm³/mol. The van der Waals surface area contributed by atoms with Crippen molar-refractivity contribution in [3.8, 4) is 0 Å². The number of benzene rings is 2. The second-order valence-corrected chi connectivity index (χ2v) is 8.77. The summed E-state index contributed by atoms with van der Waals surface area (Å²) in [5, 5.41) is 12.9. The molecule has 12 heteroatoms.